The summed E-state index contributed by atoms with van der Waals surface area (Å²) >= 11 is 3.44. The van der Waals surface area contributed by atoms with Crippen LogP contribution in [0.3, 0.4) is 0 Å². The highest BCUT2D eigenvalue weighted by Gasteiger charge is 2.22. The van der Waals surface area contributed by atoms with Gasteiger partial charge in [-0.3, -0.25) is 0 Å². The van der Waals surface area contributed by atoms with Crippen LogP contribution >= 0.6 is 15.9 Å². The predicted octanol–water partition coefficient (Wildman–Crippen LogP) is 4.25. The van der Waals surface area contributed by atoms with Gasteiger partial charge in [0.05, 0.1) is 0 Å². The molecule has 0 amide bonds. The maximum atomic E-state index is 5.79. The van der Waals surface area contributed by atoms with Crippen LogP contribution in [0.4, 0.5) is 0 Å². The first kappa shape index (κ1) is 9.40. The average Bonchev–Trinajstić information content (AvgIpc) is 2.84. The van der Waals surface area contributed by atoms with Crippen LogP contribution in [-0.4, -0.2) is 4.98 Å². The van der Waals surface area contributed by atoms with E-state index in [0.29, 0.717) is 5.92 Å². The quantitative estimate of drug-likeness (QED) is 0.771. The van der Waals surface area contributed by atoms with Gasteiger partial charge >= 0.3 is 0 Å². The van der Waals surface area contributed by atoms with Crippen LogP contribution in [0.1, 0.15) is 37.5 Å². The fourth-order valence-electron chi connectivity index (χ4n) is 2.26. The van der Waals surface area contributed by atoms with E-state index in [9.17, 15) is 0 Å². The molecule has 1 fully saturated rings. The number of fused-ring (bicyclic) bond motifs is 1. The Labute approximate surface area is 96.8 Å². The molecule has 2 nitrogen and oxygen atoms in total. The van der Waals surface area contributed by atoms with Crippen LogP contribution in [0.5, 0.6) is 0 Å². The summed E-state index contributed by atoms with van der Waals surface area (Å²) < 4.78 is 6.84. The molecule has 0 aliphatic heterocycles. The van der Waals surface area contributed by atoms with Crippen LogP contribution in [0.25, 0.3) is 11.1 Å². The molecule has 0 saturated heterocycles. The number of aromatic nitrogens is 1. The van der Waals surface area contributed by atoms with Crippen LogP contribution in [-0.2, 0) is 0 Å². The molecule has 0 unspecified atom stereocenters. The molecule has 1 aliphatic carbocycles. The molecule has 2 aromatic rings. The van der Waals surface area contributed by atoms with Gasteiger partial charge in [0.2, 0.25) is 0 Å². The second-order valence-corrected chi connectivity index (χ2v) is 5.06. The summed E-state index contributed by atoms with van der Waals surface area (Å²) in [5.41, 5.74) is 1.87. The number of hydrogen-bond acceptors (Lipinski definition) is 2. The Morgan fingerprint density at radius 3 is 2.87 bits per heavy atom. The van der Waals surface area contributed by atoms with Gasteiger partial charge in [0, 0.05) is 10.4 Å². The highest BCUT2D eigenvalue weighted by molar-refractivity contribution is 9.10. The smallest absolute Gasteiger partial charge is 0.198 e. The van der Waals surface area contributed by atoms with E-state index in [1.165, 1.54) is 25.7 Å². The van der Waals surface area contributed by atoms with E-state index >= 15 is 0 Å². The molecule has 1 aromatic heterocycles. The van der Waals surface area contributed by atoms with Crippen LogP contribution in [0.15, 0.2) is 27.1 Å². The molecule has 1 saturated carbocycles. The predicted molar refractivity (Wildman–Crippen MR) is 62.9 cm³/mol. The first-order valence-corrected chi connectivity index (χ1v) is 6.18. The van der Waals surface area contributed by atoms with Crippen molar-refractivity contribution < 1.29 is 4.42 Å². The molecule has 0 atom stereocenters. The Hall–Kier alpha value is -0.830. The standard InChI is InChI=1S/C12H12BrNO/c13-9-5-6-10-11(7-9)15-12(14-10)8-3-1-2-4-8/h5-8H,1-4H2. The highest BCUT2D eigenvalue weighted by Crippen LogP contribution is 2.35. The van der Waals surface area contributed by atoms with Gasteiger partial charge < -0.3 is 4.42 Å². The first-order valence-electron chi connectivity index (χ1n) is 5.39. The van der Waals surface area contributed by atoms with Crippen LogP contribution in [0.2, 0.25) is 0 Å². The van der Waals surface area contributed by atoms with Crippen molar-refractivity contribution in [2.45, 2.75) is 31.6 Å². The number of benzene rings is 1. The Balaban J connectivity index is 2.05. The van der Waals surface area contributed by atoms with Crippen molar-refractivity contribution in [2.75, 3.05) is 0 Å². The zero-order valence-corrected chi connectivity index (χ0v) is 9.96. The fraction of sp³-hybridized carbons (Fsp3) is 0.417. The van der Waals surface area contributed by atoms with E-state index in [1.807, 2.05) is 18.2 Å². The van der Waals surface area contributed by atoms with Crippen molar-refractivity contribution in [3.05, 3.63) is 28.6 Å². The van der Waals surface area contributed by atoms with Crippen LogP contribution in [0, 0.1) is 0 Å². The van der Waals surface area contributed by atoms with Gasteiger partial charge in [0.15, 0.2) is 11.5 Å². The van der Waals surface area contributed by atoms with Crippen molar-refractivity contribution in [3.63, 3.8) is 0 Å². The van der Waals surface area contributed by atoms with E-state index in [0.717, 1.165) is 21.5 Å². The summed E-state index contributed by atoms with van der Waals surface area (Å²) in [6, 6.07) is 5.99. The molecule has 3 rings (SSSR count). The van der Waals surface area contributed by atoms with Gasteiger partial charge in [-0.05, 0) is 31.0 Å². The molecule has 0 spiro atoms. The minimum Gasteiger partial charge on any atom is -0.440 e. The van der Waals surface area contributed by atoms with E-state index in [4.69, 9.17) is 4.42 Å². The van der Waals surface area contributed by atoms with Crippen molar-refractivity contribution in [2.24, 2.45) is 0 Å². The zero-order chi connectivity index (χ0) is 10.3. The summed E-state index contributed by atoms with van der Waals surface area (Å²) in [7, 11) is 0. The molecule has 0 N–H and O–H groups in total. The van der Waals surface area contributed by atoms with Crippen molar-refractivity contribution in [1.29, 1.82) is 0 Å². The monoisotopic (exact) mass is 265 g/mol. The number of halogens is 1. The van der Waals surface area contributed by atoms with Crippen molar-refractivity contribution >= 4 is 27.0 Å². The second-order valence-electron chi connectivity index (χ2n) is 4.15. The fourth-order valence-corrected chi connectivity index (χ4v) is 2.60. The number of oxazole rings is 1. The number of hydrogen-bond donors (Lipinski definition) is 0. The van der Waals surface area contributed by atoms with Crippen LogP contribution < -0.4 is 0 Å². The first-order chi connectivity index (χ1) is 7.33. The van der Waals surface area contributed by atoms with Gasteiger partial charge in [0.25, 0.3) is 0 Å². The molecular formula is C12H12BrNO. The highest BCUT2D eigenvalue weighted by atomic mass is 79.9. The second kappa shape index (κ2) is 3.63. The van der Waals surface area contributed by atoms with E-state index in [1.54, 1.807) is 0 Å². The van der Waals surface area contributed by atoms with Gasteiger partial charge in [-0.2, -0.15) is 0 Å². The normalized spacial score (nSPS) is 17.7. The summed E-state index contributed by atoms with van der Waals surface area (Å²) in [4.78, 5) is 4.55. The summed E-state index contributed by atoms with van der Waals surface area (Å²) in [6.07, 6.45) is 5.09. The van der Waals surface area contributed by atoms with Gasteiger partial charge in [-0.15, -0.1) is 0 Å². The lowest BCUT2D eigenvalue weighted by molar-refractivity contribution is 0.474. The van der Waals surface area contributed by atoms with Gasteiger partial charge in [-0.1, -0.05) is 28.8 Å². The minimum atomic E-state index is 0.552. The molecule has 3 heteroatoms. The third kappa shape index (κ3) is 1.69. The summed E-state index contributed by atoms with van der Waals surface area (Å²) in [5, 5.41) is 0. The number of rotatable bonds is 1. The van der Waals surface area contributed by atoms with E-state index < -0.39 is 0 Å². The van der Waals surface area contributed by atoms with E-state index in [-0.39, 0.29) is 0 Å². The zero-order valence-electron chi connectivity index (χ0n) is 8.37. The van der Waals surface area contributed by atoms with Gasteiger partial charge in [-0.25, -0.2) is 4.98 Å². The Morgan fingerprint density at radius 2 is 2.07 bits per heavy atom. The molecule has 15 heavy (non-hydrogen) atoms. The maximum Gasteiger partial charge on any atom is 0.198 e. The lowest BCUT2D eigenvalue weighted by Crippen LogP contribution is -1.90. The Morgan fingerprint density at radius 1 is 1.27 bits per heavy atom. The van der Waals surface area contributed by atoms with E-state index in [2.05, 4.69) is 20.9 Å². The summed E-state index contributed by atoms with van der Waals surface area (Å²) in [6.45, 7) is 0. The molecule has 78 valence electrons. The molecule has 0 radical (unpaired) electrons. The molecule has 0 bridgehead atoms. The Kier molecular flexibility index (Phi) is 2.28. The minimum absolute atomic E-state index is 0.552. The lowest BCUT2D eigenvalue weighted by Gasteiger charge is -2.00. The Bertz CT molecular complexity index is 485. The van der Waals surface area contributed by atoms with Crippen molar-refractivity contribution in [1.82, 2.24) is 4.98 Å². The van der Waals surface area contributed by atoms with Gasteiger partial charge in [0.1, 0.15) is 5.52 Å². The largest absolute Gasteiger partial charge is 0.440 e. The lowest BCUT2D eigenvalue weighted by atomic mass is 10.1. The third-order valence-corrected chi connectivity index (χ3v) is 3.56. The SMILES string of the molecule is Brc1ccc2nc(C3CCCC3)oc2c1. The van der Waals surface area contributed by atoms with Crippen molar-refractivity contribution in [3.8, 4) is 0 Å². The third-order valence-electron chi connectivity index (χ3n) is 3.07. The topological polar surface area (TPSA) is 26.0 Å². The number of nitrogens with zero attached hydrogens (tertiary/aromatic N) is 1. The molecular weight excluding hydrogens is 254 g/mol. The molecule has 1 aromatic carbocycles. The average molecular weight is 266 g/mol. The molecule has 1 aliphatic rings. The molecule has 1 heterocycles. The maximum absolute atomic E-state index is 5.79. The summed E-state index contributed by atoms with van der Waals surface area (Å²) in [5.74, 6) is 1.48.